The van der Waals surface area contributed by atoms with Gasteiger partial charge in [-0.05, 0) is 24.2 Å². The third-order valence-corrected chi connectivity index (χ3v) is 5.06. The normalized spacial score (nSPS) is 29.2. The van der Waals surface area contributed by atoms with Crippen molar-refractivity contribution < 1.29 is 18.3 Å². The van der Waals surface area contributed by atoms with Crippen molar-refractivity contribution in [2.75, 3.05) is 11.5 Å². The molecule has 0 unspecified atom stereocenters. The van der Waals surface area contributed by atoms with Gasteiger partial charge in [-0.25, -0.2) is 8.42 Å². The number of sulfone groups is 1. The van der Waals surface area contributed by atoms with E-state index in [-0.39, 0.29) is 29.3 Å². The highest BCUT2D eigenvalue weighted by Crippen LogP contribution is 2.54. The fourth-order valence-electron chi connectivity index (χ4n) is 2.68. The second-order valence-corrected chi connectivity index (χ2v) is 6.47. The first kappa shape index (κ1) is 8.99. The Bertz CT molecular complexity index is 323. The lowest BCUT2D eigenvalue weighted by molar-refractivity contribution is -0.139. The van der Waals surface area contributed by atoms with Crippen LogP contribution in [0.15, 0.2) is 0 Å². The molecule has 0 atom stereocenters. The van der Waals surface area contributed by atoms with Crippen molar-refractivity contribution in [3.8, 4) is 0 Å². The lowest BCUT2D eigenvalue weighted by atomic mass is 9.62. The van der Waals surface area contributed by atoms with Crippen LogP contribution in [0, 0.1) is 11.3 Å². The summed E-state index contributed by atoms with van der Waals surface area (Å²) in [6.45, 7) is 0. The summed E-state index contributed by atoms with van der Waals surface area (Å²) in [6.07, 6.45) is 1.78. The largest absolute Gasteiger partial charge is 0.481 e. The number of aliphatic carboxylic acids is 1. The number of rotatable bonds is 2. The van der Waals surface area contributed by atoms with Crippen LogP contribution < -0.4 is 0 Å². The van der Waals surface area contributed by atoms with Crippen LogP contribution in [0.25, 0.3) is 0 Å². The van der Waals surface area contributed by atoms with Crippen molar-refractivity contribution in [3.05, 3.63) is 0 Å². The molecule has 4 nitrogen and oxygen atoms in total. The molecule has 74 valence electrons. The topological polar surface area (TPSA) is 71.4 Å². The third-order valence-electron chi connectivity index (χ3n) is 2.96. The van der Waals surface area contributed by atoms with Gasteiger partial charge in [-0.3, -0.25) is 4.79 Å². The minimum absolute atomic E-state index is 0.0149. The van der Waals surface area contributed by atoms with E-state index in [2.05, 4.69) is 0 Å². The zero-order valence-corrected chi connectivity index (χ0v) is 8.01. The van der Waals surface area contributed by atoms with Gasteiger partial charge in [0, 0.05) is 6.42 Å². The quantitative estimate of drug-likeness (QED) is 0.701. The molecule has 13 heavy (non-hydrogen) atoms. The van der Waals surface area contributed by atoms with Crippen molar-refractivity contribution in [2.45, 2.75) is 19.3 Å². The van der Waals surface area contributed by atoms with E-state index in [0.717, 1.165) is 12.8 Å². The Hall–Kier alpha value is -0.580. The summed E-state index contributed by atoms with van der Waals surface area (Å²) < 4.78 is 21.8. The zero-order valence-electron chi connectivity index (χ0n) is 7.19. The molecule has 1 saturated carbocycles. The molecule has 0 aromatic rings. The predicted octanol–water partition coefficient (Wildman–Crippen LogP) is 0.286. The van der Waals surface area contributed by atoms with E-state index in [9.17, 15) is 13.2 Å². The minimum atomic E-state index is -2.75. The van der Waals surface area contributed by atoms with Gasteiger partial charge >= 0.3 is 5.97 Å². The molecular weight excluding hydrogens is 192 g/mol. The zero-order chi connectivity index (χ0) is 9.69. The maximum atomic E-state index is 10.9. The van der Waals surface area contributed by atoms with Crippen molar-refractivity contribution >= 4 is 15.8 Å². The molecule has 0 aromatic carbocycles. The number of carbonyl (C=O) groups is 1. The van der Waals surface area contributed by atoms with Gasteiger partial charge in [0.25, 0.3) is 0 Å². The molecule has 1 N–H and O–H groups in total. The van der Waals surface area contributed by atoms with Crippen LogP contribution in [-0.2, 0) is 14.6 Å². The maximum absolute atomic E-state index is 10.9. The Labute approximate surface area is 76.9 Å². The van der Waals surface area contributed by atoms with Gasteiger partial charge in [0.2, 0.25) is 0 Å². The Morgan fingerprint density at radius 3 is 2.31 bits per heavy atom. The highest BCUT2D eigenvalue weighted by molar-refractivity contribution is 7.92. The molecule has 1 spiro atoms. The molecular formula is C8H12O4S. The average Bonchev–Trinajstić information content (AvgIpc) is 1.77. The lowest BCUT2D eigenvalue weighted by Gasteiger charge is -2.52. The van der Waals surface area contributed by atoms with E-state index in [1.165, 1.54) is 0 Å². The highest BCUT2D eigenvalue weighted by atomic mass is 32.2. The first-order valence-electron chi connectivity index (χ1n) is 4.33. The summed E-state index contributed by atoms with van der Waals surface area (Å²) in [4.78, 5) is 10.3. The van der Waals surface area contributed by atoms with Crippen molar-refractivity contribution in [2.24, 2.45) is 11.3 Å². The fourth-order valence-corrected chi connectivity index (χ4v) is 4.94. The lowest BCUT2D eigenvalue weighted by Crippen LogP contribution is -2.56. The Morgan fingerprint density at radius 2 is 1.92 bits per heavy atom. The molecule has 0 radical (unpaired) electrons. The van der Waals surface area contributed by atoms with Crippen LogP contribution in [0.1, 0.15) is 19.3 Å². The molecule has 2 aliphatic rings. The number of hydrogen-bond acceptors (Lipinski definition) is 3. The molecule has 1 aliphatic heterocycles. The first-order chi connectivity index (χ1) is 5.91. The SMILES string of the molecule is O=C(O)CC1CC2(C1)CS(=O)(=O)C2. The van der Waals surface area contributed by atoms with E-state index in [0.29, 0.717) is 0 Å². The van der Waals surface area contributed by atoms with Gasteiger partial charge in [-0.1, -0.05) is 0 Å². The first-order valence-corrected chi connectivity index (χ1v) is 6.15. The summed E-state index contributed by atoms with van der Waals surface area (Å²) in [5.41, 5.74) is -0.0149. The highest BCUT2D eigenvalue weighted by Gasteiger charge is 2.56. The van der Waals surface area contributed by atoms with Gasteiger partial charge in [0.05, 0.1) is 11.5 Å². The van der Waals surface area contributed by atoms with Crippen LogP contribution in [0.4, 0.5) is 0 Å². The van der Waals surface area contributed by atoms with Crippen molar-refractivity contribution in [1.82, 2.24) is 0 Å². The van der Waals surface area contributed by atoms with Gasteiger partial charge in [0.15, 0.2) is 9.84 Å². The summed E-state index contributed by atoms with van der Waals surface area (Å²) in [5, 5.41) is 8.49. The standard InChI is InChI=1S/C8H12O4S/c9-7(10)1-6-2-8(3-6)4-13(11,12)5-8/h6H,1-5H2,(H,9,10). The van der Waals surface area contributed by atoms with Gasteiger partial charge in [-0.15, -0.1) is 0 Å². The molecule has 0 aromatic heterocycles. The van der Waals surface area contributed by atoms with Crippen molar-refractivity contribution in [3.63, 3.8) is 0 Å². The fraction of sp³-hybridized carbons (Fsp3) is 0.875. The molecule has 0 amide bonds. The van der Waals surface area contributed by atoms with Crippen LogP contribution in [0.3, 0.4) is 0 Å². The Morgan fingerprint density at radius 1 is 1.38 bits per heavy atom. The van der Waals surface area contributed by atoms with E-state index in [4.69, 9.17) is 5.11 Å². The summed E-state index contributed by atoms with van der Waals surface area (Å²) in [5.74, 6) is 0.0155. The molecule has 0 bridgehead atoms. The Kier molecular flexibility index (Phi) is 1.71. The molecule has 1 heterocycles. The summed E-state index contributed by atoms with van der Waals surface area (Å²) in [7, 11) is -2.75. The number of hydrogen-bond donors (Lipinski definition) is 1. The van der Waals surface area contributed by atoms with E-state index in [1.54, 1.807) is 0 Å². The third kappa shape index (κ3) is 1.57. The predicted molar refractivity (Wildman–Crippen MR) is 46.1 cm³/mol. The minimum Gasteiger partial charge on any atom is -0.481 e. The van der Waals surface area contributed by atoms with Crippen LogP contribution in [0.2, 0.25) is 0 Å². The van der Waals surface area contributed by atoms with Gasteiger partial charge < -0.3 is 5.11 Å². The van der Waals surface area contributed by atoms with Crippen LogP contribution in [-0.4, -0.2) is 31.0 Å². The Balaban J connectivity index is 1.83. The van der Waals surface area contributed by atoms with Crippen LogP contribution >= 0.6 is 0 Å². The molecule has 5 heteroatoms. The number of carboxylic acids is 1. The smallest absolute Gasteiger partial charge is 0.303 e. The number of carboxylic acid groups (broad SMARTS) is 1. The summed E-state index contributed by atoms with van der Waals surface area (Å²) in [6, 6.07) is 0. The maximum Gasteiger partial charge on any atom is 0.303 e. The van der Waals surface area contributed by atoms with Crippen molar-refractivity contribution in [1.29, 1.82) is 0 Å². The average molecular weight is 204 g/mol. The second kappa shape index (κ2) is 2.47. The molecule has 2 fully saturated rings. The molecule has 1 saturated heterocycles. The molecule has 1 aliphatic carbocycles. The summed E-state index contributed by atoms with van der Waals surface area (Å²) >= 11 is 0. The van der Waals surface area contributed by atoms with E-state index >= 15 is 0 Å². The van der Waals surface area contributed by atoms with E-state index in [1.807, 2.05) is 0 Å². The monoisotopic (exact) mass is 204 g/mol. The van der Waals surface area contributed by atoms with Gasteiger partial charge in [-0.2, -0.15) is 0 Å². The second-order valence-electron chi connectivity index (χ2n) is 4.40. The van der Waals surface area contributed by atoms with Crippen LogP contribution in [0.5, 0.6) is 0 Å². The van der Waals surface area contributed by atoms with E-state index < -0.39 is 15.8 Å². The molecule has 2 rings (SSSR count). The van der Waals surface area contributed by atoms with Gasteiger partial charge in [0.1, 0.15) is 0 Å².